The SMILES string of the molecule is CC1CC(C)CN(S(=O)(=O)Nc2cnc(Cl)c(Br)c2)C1. The molecule has 0 bridgehead atoms. The van der Waals surface area contributed by atoms with Gasteiger partial charge in [0, 0.05) is 13.1 Å². The van der Waals surface area contributed by atoms with E-state index in [0.29, 0.717) is 40.2 Å². The van der Waals surface area contributed by atoms with Gasteiger partial charge in [-0.15, -0.1) is 0 Å². The van der Waals surface area contributed by atoms with Gasteiger partial charge in [0.15, 0.2) is 0 Å². The van der Waals surface area contributed by atoms with Crippen LogP contribution in [0.5, 0.6) is 0 Å². The molecule has 5 nitrogen and oxygen atoms in total. The molecule has 0 spiro atoms. The van der Waals surface area contributed by atoms with Gasteiger partial charge in [-0.3, -0.25) is 4.72 Å². The highest BCUT2D eigenvalue weighted by atomic mass is 79.9. The van der Waals surface area contributed by atoms with Gasteiger partial charge in [0.1, 0.15) is 5.15 Å². The number of nitrogens with zero attached hydrogens (tertiary/aromatic N) is 2. The van der Waals surface area contributed by atoms with E-state index in [4.69, 9.17) is 11.6 Å². The van der Waals surface area contributed by atoms with Gasteiger partial charge >= 0.3 is 10.2 Å². The molecule has 0 aromatic carbocycles. The summed E-state index contributed by atoms with van der Waals surface area (Å²) in [6, 6.07) is 1.60. The molecule has 20 heavy (non-hydrogen) atoms. The molecule has 2 unspecified atom stereocenters. The van der Waals surface area contributed by atoms with Crippen molar-refractivity contribution in [1.29, 1.82) is 0 Å². The van der Waals surface area contributed by atoms with E-state index < -0.39 is 10.2 Å². The number of pyridine rings is 1. The molecule has 1 aliphatic heterocycles. The van der Waals surface area contributed by atoms with Gasteiger partial charge in [-0.2, -0.15) is 12.7 Å². The molecule has 1 aromatic heterocycles. The molecule has 1 fully saturated rings. The Morgan fingerprint density at radius 3 is 2.55 bits per heavy atom. The van der Waals surface area contributed by atoms with Crippen LogP contribution in [0.1, 0.15) is 20.3 Å². The lowest BCUT2D eigenvalue weighted by Crippen LogP contribution is -2.45. The smallest absolute Gasteiger partial charge is 0.269 e. The van der Waals surface area contributed by atoms with E-state index >= 15 is 0 Å². The molecule has 0 aliphatic carbocycles. The fourth-order valence-electron chi connectivity index (χ4n) is 2.49. The summed E-state index contributed by atoms with van der Waals surface area (Å²) in [6.07, 6.45) is 2.46. The predicted octanol–water partition coefficient (Wildman–Crippen LogP) is 3.13. The van der Waals surface area contributed by atoms with Crippen LogP contribution in [0.25, 0.3) is 0 Å². The van der Waals surface area contributed by atoms with Crippen molar-refractivity contribution in [2.45, 2.75) is 20.3 Å². The maximum atomic E-state index is 12.4. The number of aromatic nitrogens is 1. The zero-order chi connectivity index (χ0) is 14.9. The monoisotopic (exact) mass is 381 g/mol. The van der Waals surface area contributed by atoms with Gasteiger partial charge in [-0.25, -0.2) is 4.98 Å². The first-order valence-electron chi connectivity index (χ1n) is 6.37. The first-order valence-corrected chi connectivity index (χ1v) is 8.98. The molecule has 0 saturated carbocycles. The van der Waals surface area contributed by atoms with Gasteiger partial charge in [-0.05, 0) is 40.3 Å². The topological polar surface area (TPSA) is 62.3 Å². The Morgan fingerprint density at radius 1 is 1.40 bits per heavy atom. The van der Waals surface area contributed by atoms with Crippen molar-refractivity contribution in [3.05, 3.63) is 21.9 Å². The third kappa shape index (κ3) is 3.84. The summed E-state index contributed by atoms with van der Waals surface area (Å²) < 4.78 is 29.4. The second-order valence-corrected chi connectivity index (χ2v) is 8.25. The number of piperidine rings is 1. The molecule has 0 radical (unpaired) electrons. The van der Waals surface area contributed by atoms with Crippen LogP contribution in [-0.2, 0) is 10.2 Å². The molecule has 1 N–H and O–H groups in total. The highest BCUT2D eigenvalue weighted by Gasteiger charge is 2.30. The summed E-state index contributed by atoms with van der Waals surface area (Å²) >= 11 is 9.02. The normalized spacial score (nSPS) is 24.6. The second kappa shape index (κ2) is 6.17. The Balaban J connectivity index is 2.16. The lowest BCUT2D eigenvalue weighted by Gasteiger charge is -2.34. The van der Waals surface area contributed by atoms with Gasteiger partial charge in [-0.1, -0.05) is 25.4 Å². The van der Waals surface area contributed by atoms with Crippen LogP contribution in [0.3, 0.4) is 0 Å². The minimum absolute atomic E-state index is 0.299. The molecule has 0 amide bonds. The zero-order valence-corrected chi connectivity index (χ0v) is 14.5. The number of rotatable bonds is 3. The van der Waals surface area contributed by atoms with E-state index in [1.807, 2.05) is 0 Å². The standard InChI is InChI=1S/C12H17BrClN3O2S/c1-8-3-9(2)7-17(6-8)20(18,19)16-10-4-11(13)12(14)15-5-10/h4-5,8-9,16H,3,6-7H2,1-2H3. The zero-order valence-electron chi connectivity index (χ0n) is 11.3. The van der Waals surface area contributed by atoms with Crippen molar-refractivity contribution in [3.8, 4) is 0 Å². The summed E-state index contributed by atoms with van der Waals surface area (Å²) in [5.41, 5.74) is 0.396. The molecule has 1 aliphatic rings. The summed E-state index contributed by atoms with van der Waals surface area (Å²) in [4.78, 5) is 3.91. The highest BCUT2D eigenvalue weighted by Crippen LogP contribution is 2.26. The van der Waals surface area contributed by atoms with Crippen LogP contribution >= 0.6 is 27.5 Å². The van der Waals surface area contributed by atoms with Crippen molar-refractivity contribution in [1.82, 2.24) is 9.29 Å². The van der Waals surface area contributed by atoms with Crippen LogP contribution in [0.2, 0.25) is 5.15 Å². The van der Waals surface area contributed by atoms with Crippen LogP contribution in [0.4, 0.5) is 5.69 Å². The van der Waals surface area contributed by atoms with Crippen LogP contribution < -0.4 is 4.72 Å². The van der Waals surface area contributed by atoms with E-state index in [1.165, 1.54) is 10.5 Å². The van der Waals surface area contributed by atoms with E-state index in [2.05, 4.69) is 39.5 Å². The van der Waals surface area contributed by atoms with E-state index in [-0.39, 0.29) is 0 Å². The Labute approximate surface area is 133 Å². The first-order chi connectivity index (χ1) is 9.28. The number of nitrogens with one attached hydrogen (secondary N) is 1. The Morgan fingerprint density at radius 2 is 2.00 bits per heavy atom. The molecule has 2 rings (SSSR count). The van der Waals surface area contributed by atoms with E-state index in [0.717, 1.165) is 6.42 Å². The van der Waals surface area contributed by atoms with Gasteiger partial charge < -0.3 is 0 Å². The summed E-state index contributed by atoms with van der Waals surface area (Å²) in [5.74, 6) is 0.732. The van der Waals surface area contributed by atoms with E-state index in [9.17, 15) is 8.42 Å². The summed E-state index contributed by atoms with van der Waals surface area (Å²) in [5, 5.41) is 0.299. The van der Waals surface area contributed by atoms with Crippen molar-refractivity contribution in [3.63, 3.8) is 0 Å². The lowest BCUT2D eigenvalue weighted by molar-refractivity contribution is 0.223. The fourth-order valence-corrected chi connectivity index (χ4v) is 4.38. The van der Waals surface area contributed by atoms with Gasteiger partial charge in [0.2, 0.25) is 0 Å². The number of halogens is 2. The number of anilines is 1. The maximum absolute atomic E-state index is 12.4. The van der Waals surface area contributed by atoms with Crippen molar-refractivity contribution in [2.75, 3.05) is 17.8 Å². The van der Waals surface area contributed by atoms with Crippen LogP contribution in [0.15, 0.2) is 16.7 Å². The van der Waals surface area contributed by atoms with Crippen molar-refractivity contribution in [2.24, 2.45) is 11.8 Å². The summed E-state index contributed by atoms with van der Waals surface area (Å²) in [7, 11) is -3.55. The van der Waals surface area contributed by atoms with Gasteiger partial charge in [0.05, 0.1) is 16.4 Å². The number of hydrogen-bond acceptors (Lipinski definition) is 3. The quantitative estimate of drug-likeness (QED) is 0.817. The Hall–Kier alpha value is -0.370. The Bertz CT molecular complexity index is 586. The third-order valence-electron chi connectivity index (χ3n) is 3.22. The predicted molar refractivity (Wildman–Crippen MR) is 84.0 cm³/mol. The van der Waals surface area contributed by atoms with Crippen LogP contribution in [-0.4, -0.2) is 30.8 Å². The molecule has 8 heteroatoms. The largest absolute Gasteiger partial charge is 0.301 e. The second-order valence-electron chi connectivity index (χ2n) is 5.37. The Kier molecular flexibility index (Phi) is 4.94. The minimum atomic E-state index is -3.55. The molecule has 112 valence electrons. The third-order valence-corrected chi connectivity index (χ3v) is 5.82. The van der Waals surface area contributed by atoms with Crippen molar-refractivity contribution >= 4 is 43.4 Å². The fraction of sp³-hybridized carbons (Fsp3) is 0.583. The molecule has 1 aromatic rings. The van der Waals surface area contributed by atoms with Crippen molar-refractivity contribution < 1.29 is 8.42 Å². The van der Waals surface area contributed by atoms with Gasteiger partial charge in [0.25, 0.3) is 0 Å². The average Bonchev–Trinajstić information content (AvgIpc) is 2.32. The lowest BCUT2D eigenvalue weighted by atomic mass is 9.94. The molecular weight excluding hydrogens is 366 g/mol. The molecule has 2 heterocycles. The average molecular weight is 383 g/mol. The first kappa shape index (κ1) is 16.0. The summed E-state index contributed by atoms with van der Waals surface area (Å²) in [6.45, 7) is 5.22. The number of hydrogen-bond donors (Lipinski definition) is 1. The van der Waals surface area contributed by atoms with Crippen LogP contribution in [0, 0.1) is 11.8 Å². The molecule has 1 saturated heterocycles. The molecular formula is C12H17BrClN3O2S. The minimum Gasteiger partial charge on any atom is -0.269 e. The molecule has 2 atom stereocenters. The maximum Gasteiger partial charge on any atom is 0.301 e. The van der Waals surface area contributed by atoms with E-state index in [1.54, 1.807) is 6.07 Å². The highest BCUT2D eigenvalue weighted by molar-refractivity contribution is 9.10.